The molecule has 28 heavy (non-hydrogen) atoms. The van der Waals surface area contributed by atoms with Crippen molar-refractivity contribution in [3.05, 3.63) is 0 Å². The second kappa shape index (κ2) is 14.9. The van der Waals surface area contributed by atoms with Crippen molar-refractivity contribution in [3.8, 4) is 0 Å². The van der Waals surface area contributed by atoms with Crippen LogP contribution in [0.2, 0.25) is 0 Å². The van der Waals surface area contributed by atoms with E-state index in [0.29, 0.717) is 49.7 Å². The first-order valence-corrected chi connectivity index (χ1v) is 11.4. The smallest absolute Gasteiger partial charge is 0.309 e. The molecule has 0 saturated carbocycles. The molecule has 4 nitrogen and oxygen atoms in total. The highest BCUT2D eigenvalue weighted by Crippen LogP contribution is 2.29. The first-order valence-electron chi connectivity index (χ1n) is 11.4. The van der Waals surface area contributed by atoms with Crippen LogP contribution >= 0.6 is 0 Å². The lowest BCUT2D eigenvalue weighted by molar-refractivity contribution is -0.162. The molecule has 2 atom stereocenters. The number of carbonyl (C=O) groups is 2. The van der Waals surface area contributed by atoms with Crippen LogP contribution in [0, 0.1) is 35.5 Å². The summed E-state index contributed by atoms with van der Waals surface area (Å²) in [6.07, 6.45) is 4.86. The van der Waals surface area contributed by atoms with Crippen LogP contribution in [0.3, 0.4) is 0 Å². The maximum atomic E-state index is 12.9. The molecule has 166 valence electrons. The van der Waals surface area contributed by atoms with Gasteiger partial charge in [-0.2, -0.15) is 0 Å². The van der Waals surface area contributed by atoms with Crippen LogP contribution in [0.15, 0.2) is 0 Å². The molecule has 4 heteroatoms. The van der Waals surface area contributed by atoms with Crippen molar-refractivity contribution in [2.24, 2.45) is 35.5 Å². The quantitative estimate of drug-likeness (QED) is 0.305. The minimum absolute atomic E-state index is 0.226. The molecular formula is C24H46O4. The topological polar surface area (TPSA) is 52.6 Å². The Kier molecular flexibility index (Phi) is 14.3. The van der Waals surface area contributed by atoms with E-state index in [9.17, 15) is 9.59 Å². The van der Waals surface area contributed by atoms with E-state index in [1.807, 2.05) is 0 Å². The third kappa shape index (κ3) is 13.2. The van der Waals surface area contributed by atoms with Crippen molar-refractivity contribution < 1.29 is 19.1 Å². The molecule has 0 N–H and O–H groups in total. The minimum Gasteiger partial charge on any atom is -0.465 e. The molecule has 0 radical (unpaired) electrons. The van der Waals surface area contributed by atoms with Gasteiger partial charge in [0.05, 0.1) is 25.0 Å². The SMILES string of the molecule is CC(C)CCOC(=O)C(CCC(C)C)C(CCC(C)C)C(=O)OCCC(C)C. The van der Waals surface area contributed by atoms with E-state index in [1.165, 1.54) is 0 Å². The highest BCUT2D eigenvalue weighted by molar-refractivity contribution is 5.82. The van der Waals surface area contributed by atoms with Crippen molar-refractivity contribution in [1.29, 1.82) is 0 Å². The van der Waals surface area contributed by atoms with Crippen molar-refractivity contribution in [1.82, 2.24) is 0 Å². The van der Waals surface area contributed by atoms with E-state index in [0.717, 1.165) is 25.7 Å². The largest absolute Gasteiger partial charge is 0.465 e. The summed E-state index contributed by atoms with van der Waals surface area (Å²) >= 11 is 0. The van der Waals surface area contributed by atoms with Gasteiger partial charge >= 0.3 is 11.9 Å². The molecule has 0 bridgehead atoms. The Labute approximate surface area is 174 Å². The van der Waals surface area contributed by atoms with Gasteiger partial charge in [0.1, 0.15) is 0 Å². The third-order valence-electron chi connectivity index (χ3n) is 5.08. The van der Waals surface area contributed by atoms with Crippen LogP contribution in [-0.4, -0.2) is 25.2 Å². The van der Waals surface area contributed by atoms with Gasteiger partial charge in [0, 0.05) is 0 Å². The molecular weight excluding hydrogens is 352 g/mol. The molecule has 0 amide bonds. The predicted molar refractivity (Wildman–Crippen MR) is 116 cm³/mol. The third-order valence-corrected chi connectivity index (χ3v) is 5.08. The summed E-state index contributed by atoms with van der Waals surface area (Å²) in [5.74, 6) is 0.674. The molecule has 0 aliphatic heterocycles. The van der Waals surface area contributed by atoms with E-state index >= 15 is 0 Å². The van der Waals surface area contributed by atoms with Gasteiger partial charge in [-0.1, -0.05) is 68.2 Å². The summed E-state index contributed by atoms with van der Waals surface area (Å²) in [6.45, 7) is 17.9. The molecule has 0 aromatic heterocycles. The molecule has 2 unspecified atom stereocenters. The fraction of sp³-hybridized carbons (Fsp3) is 0.917. The Morgan fingerprint density at radius 3 is 1.04 bits per heavy atom. The molecule has 0 spiro atoms. The molecule has 0 heterocycles. The standard InChI is InChI=1S/C24H46O4/c1-17(2)9-11-21(23(25)27-15-13-19(5)6)22(12-10-18(3)4)24(26)28-16-14-20(7)8/h17-22H,9-16H2,1-8H3. The number of ether oxygens (including phenoxy) is 2. The van der Waals surface area contributed by atoms with E-state index < -0.39 is 11.8 Å². The Morgan fingerprint density at radius 1 is 0.500 bits per heavy atom. The van der Waals surface area contributed by atoms with E-state index in [-0.39, 0.29) is 11.9 Å². The Hall–Kier alpha value is -1.06. The van der Waals surface area contributed by atoms with Gasteiger partial charge in [0.25, 0.3) is 0 Å². The first-order chi connectivity index (χ1) is 13.0. The van der Waals surface area contributed by atoms with Crippen LogP contribution in [-0.2, 0) is 19.1 Å². The van der Waals surface area contributed by atoms with Crippen molar-refractivity contribution in [2.45, 2.75) is 93.9 Å². The van der Waals surface area contributed by atoms with E-state index in [4.69, 9.17) is 9.47 Å². The second-order valence-corrected chi connectivity index (χ2v) is 9.86. The van der Waals surface area contributed by atoms with Gasteiger partial charge in [-0.3, -0.25) is 9.59 Å². The predicted octanol–water partition coefficient (Wildman–Crippen LogP) is 6.27. The Balaban J connectivity index is 5.22. The van der Waals surface area contributed by atoms with E-state index in [2.05, 4.69) is 55.4 Å². The summed E-state index contributed by atoms with van der Waals surface area (Å²) in [4.78, 5) is 25.8. The van der Waals surface area contributed by atoms with Gasteiger partial charge in [0.15, 0.2) is 0 Å². The molecule has 0 aromatic carbocycles. The average Bonchev–Trinajstić information content (AvgIpc) is 2.56. The van der Waals surface area contributed by atoms with Crippen molar-refractivity contribution >= 4 is 11.9 Å². The van der Waals surface area contributed by atoms with Crippen molar-refractivity contribution in [2.75, 3.05) is 13.2 Å². The Morgan fingerprint density at radius 2 is 0.786 bits per heavy atom. The highest BCUT2D eigenvalue weighted by Gasteiger charge is 2.35. The van der Waals surface area contributed by atoms with Crippen molar-refractivity contribution in [3.63, 3.8) is 0 Å². The van der Waals surface area contributed by atoms with Gasteiger partial charge in [-0.05, 0) is 49.4 Å². The number of hydrogen-bond donors (Lipinski definition) is 0. The normalized spacial score (nSPS) is 14.0. The lowest BCUT2D eigenvalue weighted by Crippen LogP contribution is -2.34. The fourth-order valence-corrected chi connectivity index (χ4v) is 3.00. The number of hydrogen-bond acceptors (Lipinski definition) is 4. The van der Waals surface area contributed by atoms with Crippen LogP contribution in [0.25, 0.3) is 0 Å². The molecule has 0 saturated heterocycles. The number of carbonyl (C=O) groups excluding carboxylic acids is 2. The van der Waals surface area contributed by atoms with Gasteiger partial charge < -0.3 is 9.47 Å². The minimum atomic E-state index is -0.403. The lowest BCUT2D eigenvalue weighted by atomic mass is 9.82. The second-order valence-electron chi connectivity index (χ2n) is 9.86. The highest BCUT2D eigenvalue weighted by atomic mass is 16.5. The molecule has 0 rings (SSSR count). The maximum Gasteiger partial charge on any atom is 0.309 e. The first kappa shape index (κ1) is 26.9. The van der Waals surface area contributed by atoms with Crippen LogP contribution in [0.1, 0.15) is 93.9 Å². The zero-order valence-corrected chi connectivity index (χ0v) is 19.8. The zero-order valence-electron chi connectivity index (χ0n) is 19.8. The van der Waals surface area contributed by atoms with Gasteiger partial charge in [-0.15, -0.1) is 0 Å². The Bertz CT molecular complexity index is 386. The summed E-state index contributed by atoms with van der Waals surface area (Å²) < 4.78 is 11.2. The average molecular weight is 399 g/mol. The summed E-state index contributed by atoms with van der Waals surface area (Å²) in [5.41, 5.74) is 0. The zero-order chi connectivity index (χ0) is 21.7. The fourth-order valence-electron chi connectivity index (χ4n) is 3.00. The monoisotopic (exact) mass is 398 g/mol. The summed E-state index contributed by atoms with van der Waals surface area (Å²) in [5, 5.41) is 0. The maximum absolute atomic E-state index is 12.9. The molecule has 0 aliphatic rings. The summed E-state index contributed by atoms with van der Waals surface area (Å²) in [6, 6.07) is 0. The number of esters is 2. The number of rotatable bonds is 15. The molecule has 0 aliphatic carbocycles. The summed E-state index contributed by atoms with van der Waals surface area (Å²) in [7, 11) is 0. The van der Waals surface area contributed by atoms with Crippen LogP contribution in [0.4, 0.5) is 0 Å². The molecule has 0 aromatic rings. The molecule has 0 fully saturated rings. The van der Waals surface area contributed by atoms with E-state index in [1.54, 1.807) is 0 Å². The van der Waals surface area contributed by atoms with Gasteiger partial charge in [0.2, 0.25) is 0 Å². The van der Waals surface area contributed by atoms with Crippen LogP contribution in [0.5, 0.6) is 0 Å². The van der Waals surface area contributed by atoms with Crippen LogP contribution < -0.4 is 0 Å². The van der Waals surface area contributed by atoms with Gasteiger partial charge in [-0.25, -0.2) is 0 Å². The lowest BCUT2D eigenvalue weighted by Gasteiger charge is -2.26.